The monoisotopic (exact) mass is 378 g/mol. The molecule has 2 fully saturated rings. The summed E-state index contributed by atoms with van der Waals surface area (Å²) in [4.78, 5) is 31.8. The molecular weight excluding hydrogens is 348 g/mol. The molecule has 148 valence electrons. The second-order valence-corrected chi connectivity index (χ2v) is 8.19. The zero-order valence-corrected chi connectivity index (χ0v) is 16.6. The second-order valence-electron chi connectivity index (χ2n) is 8.19. The molecule has 1 aliphatic carbocycles. The first kappa shape index (κ1) is 19.0. The maximum atomic E-state index is 13.9. The second kappa shape index (κ2) is 8.34. The van der Waals surface area contributed by atoms with E-state index in [0.29, 0.717) is 6.42 Å². The SMILES string of the molecule is O=C(N1CCCCC1)C1(C(=O)N2CCCCC2)CC=CC=C1c1ccccc1. The minimum atomic E-state index is -1.12. The van der Waals surface area contributed by atoms with Gasteiger partial charge >= 0.3 is 0 Å². The van der Waals surface area contributed by atoms with Crippen molar-refractivity contribution >= 4 is 17.4 Å². The van der Waals surface area contributed by atoms with Crippen LogP contribution in [0.3, 0.4) is 0 Å². The molecule has 2 aliphatic heterocycles. The molecule has 1 aromatic carbocycles. The first-order chi connectivity index (χ1) is 13.7. The lowest BCUT2D eigenvalue weighted by Gasteiger charge is -2.43. The quantitative estimate of drug-likeness (QED) is 0.745. The molecule has 2 heterocycles. The van der Waals surface area contributed by atoms with Gasteiger partial charge in [0.1, 0.15) is 0 Å². The molecule has 0 radical (unpaired) electrons. The van der Waals surface area contributed by atoms with Gasteiger partial charge in [-0.15, -0.1) is 0 Å². The smallest absolute Gasteiger partial charge is 0.243 e. The predicted molar refractivity (Wildman–Crippen MR) is 111 cm³/mol. The van der Waals surface area contributed by atoms with E-state index in [9.17, 15) is 9.59 Å². The number of amides is 2. The molecule has 4 rings (SSSR count). The van der Waals surface area contributed by atoms with Crippen LogP contribution in [-0.2, 0) is 9.59 Å². The topological polar surface area (TPSA) is 40.6 Å². The fourth-order valence-electron chi connectivity index (χ4n) is 4.85. The Balaban J connectivity index is 1.78. The molecule has 0 unspecified atom stereocenters. The highest BCUT2D eigenvalue weighted by Gasteiger charge is 2.53. The van der Waals surface area contributed by atoms with Crippen molar-refractivity contribution in [2.75, 3.05) is 26.2 Å². The van der Waals surface area contributed by atoms with Crippen molar-refractivity contribution in [3.8, 4) is 0 Å². The highest BCUT2D eigenvalue weighted by Crippen LogP contribution is 2.45. The van der Waals surface area contributed by atoms with Crippen LogP contribution in [0, 0.1) is 5.41 Å². The van der Waals surface area contributed by atoms with Gasteiger partial charge in [0.15, 0.2) is 5.41 Å². The van der Waals surface area contributed by atoms with E-state index in [1.54, 1.807) is 0 Å². The zero-order chi connectivity index (χ0) is 19.4. The molecule has 0 aromatic heterocycles. The summed E-state index contributed by atoms with van der Waals surface area (Å²) in [5.41, 5.74) is 0.717. The number of carbonyl (C=O) groups excluding carboxylic acids is 2. The summed E-state index contributed by atoms with van der Waals surface area (Å²) in [6.45, 7) is 3.05. The van der Waals surface area contributed by atoms with Crippen LogP contribution < -0.4 is 0 Å². The van der Waals surface area contributed by atoms with E-state index in [2.05, 4.69) is 0 Å². The number of hydrogen-bond acceptors (Lipinski definition) is 2. The van der Waals surface area contributed by atoms with E-state index in [0.717, 1.165) is 75.8 Å². The van der Waals surface area contributed by atoms with Crippen molar-refractivity contribution in [2.45, 2.75) is 44.9 Å². The summed E-state index contributed by atoms with van der Waals surface area (Å²) in [6, 6.07) is 9.98. The third-order valence-electron chi connectivity index (χ3n) is 6.38. The third kappa shape index (κ3) is 3.41. The fraction of sp³-hybridized carbons (Fsp3) is 0.500. The Labute approximate surface area is 167 Å². The summed E-state index contributed by atoms with van der Waals surface area (Å²) in [7, 11) is 0. The molecule has 4 nitrogen and oxygen atoms in total. The normalized spacial score (nSPS) is 21.9. The van der Waals surface area contributed by atoms with Crippen molar-refractivity contribution < 1.29 is 9.59 Å². The molecule has 0 N–H and O–H groups in total. The molecule has 28 heavy (non-hydrogen) atoms. The van der Waals surface area contributed by atoms with Crippen LogP contribution >= 0.6 is 0 Å². The van der Waals surface area contributed by atoms with Gasteiger partial charge in [0.05, 0.1) is 0 Å². The van der Waals surface area contributed by atoms with Gasteiger partial charge in [-0.25, -0.2) is 0 Å². The van der Waals surface area contributed by atoms with Crippen LogP contribution in [0.5, 0.6) is 0 Å². The maximum Gasteiger partial charge on any atom is 0.243 e. The van der Waals surface area contributed by atoms with E-state index in [1.807, 2.05) is 58.4 Å². The van der Waals surface area contributed by atoms with E-state index >= 15 is 0 Å². The van der Waals surface area contributed by atoms with Gasteiger partial charge in [0.2, 0.25) is 11.8 Å². The average Bonchev–Trinajstić information content (AvgIpc) is 2.79. The minimum absolute atomic E-state index is 0.00206. The van der Waals surface area contributed by atoms with Gasteiger partial charge in [-0.05, 0) is 56.1 Å². The number of rotatable bonds is 3. The fourth-order valence-corrected chi connectivity index (χ4v) is 4.85. The lowest BCUT2D eigenvalue weighted by atomic mass is 9.69. The number of allylic oxidation sites excluding steroid dienone is 3. The molecule has 0 spiro atoms. The molecular formula is C24H30N2O2. The minimum Gasteiger partial charge on any atom is -0.341 e. The Morgan fingerprint density at radius 3 is 1.82 bits per heavy atom. The highest BCUT2D eigenvalue weighted by molar-refractivity contribution is 6.16. The molecule has 0 atom stereocenters. The van der Waals surface area contributed by atoms with Crippen LogP contribution in [-0.4, -0.2) is 47.8 Å². The Bertz CT molecular complexity index is 739. The average molecular weight is 379 g/mol. The molecule has 1 aromatic rings. The molecule has 3 aliphatic rings. The number of hydrogen-bond donors (Lipinski definition) is 0. The van der Waals surface area contributed by atoms with Gasteiger partial charge in [0, 0.05) is 26.2 Å². The first-order valence-electron chi connectivity index (χ1n) is 10.7. The Kier molecular flexibility index (Phi) is 5.65. The van der Waals surface area contributed by atoms with Crippen LogP contribution in [0.4, 0.5) is 0 Å². The summed E-state index contributed by atoms with van der Waals surface area (Å²) in [5, 5.41) is 0. The number of carbonyl (C=O) groups is 2. The van der Waals surface area contributed by atoms with Crippen molar-refractivity contribution in [3.63, 3.8) is 0 Å². The number of likely N-dealkylation sites (tertiary alicyclic amines) is 2. The van der Waals surface area contributed by atoms with Crippen LogP contribution in [0.25, 0.3) is 5.57 Å². The van der Waals surface area contributed by atoms with Crippen LogP contribution in [0.1, 0.15) is 50.5 Å². The van der Waals surface area contributed by atoms with E-state index in [1.165, 1.54) is 0 Å². The van der Waals surface area contributed by atoms with Gasteiger partial charge in [0.25, 0.3) is 0 Å². The summed E-state index contributed by atoms with van der Waals surface area (Å²) in [6.07, 6.45) is 12.9. The maximum absolute atomic E-state index is 13.9. The molecule has 2 amide bonds. The standard InChI is InChI=1S/C24H30N2O2/c27-22(25-16-8-2-9-17-25)24(23(28)26-18-10-3-11-19-26)15-7-6-14-21(24)20-12-4-1-5-13-20/h1,4-7,12-14H,2-3,8-11,15-19H2. The molecule has 0 saturated carbocycles. The van der Waals surface area contributed by atoms with Crippen molar-refractivity contribution in [1.82, 2.24) is 9.80 Å². The number of piperidine rings is 2. The van der Waals surface area contributed by atoms with Crippen molar-refractivity contribution in [3.05, 3.63) is 54.1 Å². The zero-order valence-electron chi connectivity index (χ0n) is 16.6. The van der Waals surface area contributed by atoms with Crippen LogP contribution in [0.15, 0.2) is 48.6 Å². The van der Waals surface area contributed by atoms with Gasteiger partial charge in [-0.1, -0.05) is 48.6 Å². The lowest BCUT2D eigenvalue weighted by molar-refractivity contribution is -0.153. The van der Waals surface area contributed by atoms with Crippen LogP contribution in [0.2, 0.25) is 0 Å². The van der Waals surface area contributed by atoms with Gasteiger partial charge in [-0.3, -0.25) is 9.59 Å². The largest absolute Gasteiger partial charge is 0.341 e. The Hall–Kier alpha value is -2.36. The highest BCUT2D eigenvalue weighted by atomic mass is 16.2. The van der Waals surface area contributed by atoms with E-state index in [4.69, 9.17) is 0 Å². The summed E-state index contributed by atoms with van der Waals surface area (Å²) in [5.74, 6) is 0.00412. The summed E-state index contributed by atoms with van der Waals surface area (Å²) >= 11 is 0. The first-order valence-corrected chi connectivity index (χ1v) is 10.7. The van der Waals surface area contributed by atoms with Crippen molar-refractivity contribution in [1.29, 1.82) is 0 Å². The van der Waals surface area contributed by atoms with Crippen molar-refractivity contribution in [2.24, 2.45) is 5.41 Å². The third-order valence-corrected chi connectivity index (χ3v) is 6.38. The van der Waals surface area contributed by atoms with Gasteiger partial charge < -0.3 is 9.80 Å². The van der Waals surface area contributed by atoms with E-state index in [-0.39, 0.29) is 11.8 Å². The lowest BCUT2D eigenvalue weighted by Crippen LogP contribution is -2.56. The predicted octanol–water partition coefficient (Wildman–Crippen LogP) is 4.04. The van der Waals surface area contributed by atoms with Gasteiger partial charge in [-0.2, -0.15) is 0 Å². The Morgan fingerprint density at radius 1 is 0.750 bits per heavy atom. The molecule has 0 bridgehead atoms. The molecule has 4 heteroatoms. The number of benzene rings is 1. The Morgan fingerprint density at radius 2 is 1.29 bits per heavy atom. The molecule has 2 saturated heterocycles. The number of nitrogens with zero attached hydrogens (tertiary/aromatic N) is 2. The summed E-state index contributed by atoms with van der Waals surface area (Å²) < 4.78 is 0. The van der Waals surface area contributed by atoms with E-state index < -0.39 is 5.41 Å².